The quantitative estimate of drug-likeness (QED) is 0.410. The second-order valence-corrected chi connectivity index (χ2v) is 4.61. The van der Waals surface area contributed by atoms with E-state index in [1.54, 1.807) is 52.5 Å². The summed E-state index contributed by atoms with van der Waals surface area (Å²) in [6.45, 7) is 0. The van der Waals surface area contributed by atoms with Crippen LogP contribution in [0, 0.1) is 21.4 Å². The lowest BCUT2D eigenvalue weighted by Crippen LogP contribution is -2.29. The summed E-state index contributed by atoms with van der Waals surface area (Å²) in [5.74, 6) is 0.0119. The minimum atomic E-state index is -0.388. The fourth-order valence-corrected chi connectivity index (χ4v) is 2.47. The van der Waals surface area contributed by atoms with Crippen LogP contribution in [0.25, 0.3) is 16.9 Å². The standard InChI is InChI=1S/C15H11N4O2/c1-17-13-4-2-3-9-18(13)15(19(20)21)14(17)12-7-5-11(10-16)6-8-12/h2-9H,1H3/q+1. The Hall–Kier alpha value is -3.20. The molecule has 3 rings (SSSR count). The van der Waals surface area contributed by atoms with Crippen LogP contribution < -0.4 is 4.57 Å². The van der Waals surface area contributed by atoms with Crippen LogP contribution in [0.4, 0.5) is 5.82 Å². The van der Waals surface area contributed by atoms with Crippen LogP contribution in [0.15, 0.2) is 48.7 Å². The van der Waals surface area contributed by atoms with E-state index in [0.717, 1.165) is 5.65 Å². The van der Waals surface area contributed by atoms with Crippen LogP contribution in [-0.4, -0.2) is 9.32 Å². The van der Waals surface area contributed by atoms with Crippen molar-refractivity contribution in [1.82, 2.24) is 4.40 Å². The van der Waals surface area contributed by atoms with Gasteiger partial charge in [0.25, 0.3) is 5.65 Å². The lowest BCUT2D eigenvalue weighted by molar-refractivity contribution is -0.634. The second kappa shape index (κ2) is 4.72. The van der Waals surface area contributed by atoms with Gasteiger partial charge in [0.1, 0.15) is 6.20 Å². The van der Waals surface area contributed by atoms with Gasteiger partial charge in [-0.3, -0.25) is 0 Å². The number of nitrogens with zero attached hydrogens (tertiary/aromatic N) is 4. The van der Waals surface area contributed by atoms with Crippen LogP contribution in [-0.2, 0) is 7.05 Å². The zero-order valence-electron chi connectivity index (χ0n) is 11.2. The van der Waals surface area contributed by atoms with Crippen molar-refractivity contribution < 1.29 is 9.49 Å². The Bertz CT molecular complexity index is 888. The average molecular weight is 279 g/mol. The lowest BCUT2D eigenvalue weighted by atomic mass is 10.1. The van der Waals surface area contributed by atoms with E-state index in [9.17, 15) is 10.1 Å². The molecule has 102 valence electrons. The van der Waals surface area contributed by atoms with Gasteiger partial charge in [0, 0.05) is 11.6 Å². The molecule has 1 aromatic carbocycles. The lowest BCUT2D eigenvalue weighted by Gasteiger charge is -1.99. The molecule has 6 nitrogen and oxygen atoms in total. The number of benzene rings is 1. The summed E-state index contributed by atoms with van der Waals surface area (Å²) in [5.41, 5.74) is 2.46. The van der Waals surface area contributed by atoms with E-state index in [2.05, 4.69) is 0 Å². The molecule has 0 atom stereocenters. The normalized spacial score (nSPS) is 10.5. The Morgan fingerprint density at radius 3 is 2.57 bits per heavy atom. The summed E-state index contributed by atoms with van der Waals surface area (Å²) in [6, 6.07) is 14.2. The third-order valence-electron chi connectivity index (χ3n) is 3.42. The molecule has 0 saturated heterocycles. The van der Waals surface area contributed by atoms with E-state index < -0.39 is 0 Å². The van der Waals surface area contributed by atoms with E-state index in [1.807, 2.05) is 18.2 Å². The van der Waals surface area contributed by atoms with Crippen molar-refractivity contribution in [2.45, 2.75) is 0 Å². The van der Waals surface area contributed by atoms with Gasteiger partial charge in [-0.05, 0) is 35.3 Å². The van der Waals surface area contributed by atoms with Crippen molar-refractivity contribution >= 4 is 11.5 Å². The van der Waals surface area contributed by atoms with Crippen LogP contribution >= 0.6 is 0 Å². The molecule has 0 aliphatic carbocycles. The highest BCUT2D eigenvalue weighted by Crippen LogP contribution is 2.28. The van der Waals surface area contributed by atoms with Gasteiger partial charge in [0.15, 0.2) is 0 Å². The summed E-state index contributed by atoms with van der Waals surface area (Å²) in [5, 5.41) is 20.3. The number of fused-ring (bicyclic) bond motifs is 1. The van der Waals surface area contributed by atoms with Crippen LogP contribution in [0.1, 0.15) is 5.56 Å². The van der Waals surface area contributed by atoms with E-state index in [0.29, 0.717) is 16.8 Å². The van der Waals surface area contributed by atoms with Gasteiger partial charge in [-0.2, -0.15) is 9.66 Å². The van der Waals surface area contributed by atoms with E-state index in [4.69, 9.17) is 5.26 Å². The molecule has 0 radical (unpaired) electrons. The number of aryl methyl sites for hydroxylation is 1. The third kappa shape index (κ3) is 1.92. The largest absolute Gasteiger partial charge is 0.378 e. The third-order valence-corrected chi connectivity index (χ3v) is 3.42. The number of pyridine rings is 1. The maximum Gasteiger partial charge on any atom is 0.378 e. The Morgan fingerprint density at radius 2 is 1.95 bits per heavy atom. The van der Waals surface area contributed by atoms with Gasteiger partial charge < -0.3 is 10.1 Å². The second-order valence-electron chi connectivity index (χ2n) is 4.61. The molecule has 0 N–H and O–H groups in total. The highest BCUT2D eigenvalue weighted by atomic mass is 16.6. The van der Waals surface area contributed by atoms with Gasteiger partial charge in [0.05, 0.1) is 18.7 Å². The van der Waals surface area contributed by atoms with Crippen LogP contribution in [0.5, 0.6) is 0 Å². The number of hydrogen-bond acceptors (Lipinski definition) is 3. The van der Waals surface area contributed by atoms with E-state index in [-0.39, 0.29) is 10.7 Å². The van der Waals surface area contributed by atoms with Gasteiger partial charge in [0.2, 0.25) is 5.69 Å². The first-order valence-corrected chi connectivity index (χ1v) is 6.27. The predicted molar refractivity (Wildman–Crippen MR) is 75.4 cm³/mol. The minimum absolute atomic E-state index is 0.0119. The molecular formula is C15H11N4O2+. The highest BCUT2D eigenvalue weighted by molar-refractivity contribution is 5.68. The molecule has 0 aliphatic rings. The zero-order valence-corrected chi connectivity index (χ0v) is 11.2. The molecule has 2 heterocycles. The topological polar surface area (TPSA) is 75.2 Å². The monoisotopic (exact) mass is 279 g/mol. The maximum atomic E-state index is 11.5. The van der Waals surface area contributed by atoms with Crippen LogP contribution in [0.3, 0.4) is 0 Å². The smallest absolute Gasteiger partial charge is 0.358 e. The summed E-state index contributed by atoms with van der Waals surface area (Å²) in [6.07, 6.45) is 1.67. The predicted octanol–water partition coefficient (Wildman–Crippen LogP) is 2.21. The SMILES string of the molecule is C[n+]1c(-c2ccc(C#N)cc2)c([N+](=O)[O-])n2ccccc21. The number of nitriles is 1. The van der Waals surface area contributed by atoms with Crippen molar-refractivity contribution in [3.63, 3.8) is 0 Å². The molecule has 0 saturated carbocycles. The number of hydrogen-bond donors (Lipinski definition) is 0. The summed E-state index contributed by atoms with van der Waals surface area (Å²) >= 11 is 0. The Balaban J connectivity index is 2.35. The molecule has 0 bridgehead atoms. The van der Waals surface area contributed by atoms with Crippen molar-refractivity contribution in [2.75, 3.05) is 0 Å². The molecule has 21 heavy (non-hydrogen) atoms. The van der Waals surface area contributed by atoms with Gasteiger partial charge >= 0.3 is 5.82 Å². The molecule has 0 fully saturated rings. The van der Waals surface area contributed by atoms with E-state index >= 15 is 0 Å². The molecule has 3 aromatic rings. The van der Waals surface area contributed by atoms with Crippen molar-refractivity contribution in [3.05, 3.63) is 64.3 Å². The Morgan fingerprint density at radius 1 is 1.24 bits per heavy atom. The molecule has 6 heteroatoms. The highest BCUT2D eigenvalue weighted by Gasteiger charge is 2.29. The summed E-state index contributed by atoms with van der Waals surface area (Å²) in [7, 11) is 1.79. The number of nitro groups is 1. The molecule has 2 aromatic heterocycles. The molecule has 0 aliphatic heterocycles. The van der Waals surface area contributed by atoms with E-state index in [1.165, 1.54) is 0 Å². The molecule has 0 spiro atoms. The first kappa shape index (κ1) is 12.8. The Labute approximate surface area is 120 Å². The summed E-state index contributed by atoms with van der Waals surface area (Å²) in [4.78, 5) is 11.1. The zero-order chi connectivity index (χ0) is 15.0. The number of aromatic nitrogens is 2. The number of rotatable bonds is 2. The van der Waals surface area contributed by atoms with Crippen LogP contribution in [0.2, 0.25) is 0 Å². The fraction of sp³-hybridized carbons (Fsp3) is 0.0667. The van der Waals surface area contributed by atoms with Crippen molar-refractivity contribution in [3.8, 4) is 17.3 Å². The van der Waals surface area contributed by atoms with Gasteiger partial charge in [-0.15, -0.1) is 0 Å². The van der Waals surface area contributed by atoms with Gasteiger partial charge in [-0.1, -0.05) is 6.07 Å². The van der Waals surface area contributed by atoms with Gasteiger partial charge in [-0.25, -0.2) is 4.57 Å². The molecule has 0 amide bonds. The molecular weight excluding hydrogens is 268 g/mol. The maximum absolute atomic E-state index is 11.5. The first-order chi connectivity index (χ1) is 10.1. The van der Waals surface area contributed by atoms with Crippen molar-refractivity contribution in [1.29, 1.82) is 5.26 Å². The minimum Gasteiger partial charge on any atom is -0.358 e. The summed E-state index contributed by atoms with van der Waals surface area (Å²) < 4.78 is 3.33. The first-order valence-electron chi connectivity index (χ1n) is 6.27. The fourth-order valence-electron chi connectivity index (χ4n) is 2.47. The Kier molecular flexibility index (Phi) is 2.88. The molecule has 0 unspecified atom stereocenters. The average Bonchev–Trinajstić information content (AvgIpc) is 2.81. The van der Waals surface area contributed by atoms with Crippen molar-refractivity contribution in [2.24, 2.45) is 7.05 Å². The number of imidazole rings is 1.